The first-order chi connectivity index (χ1) is 14.0. The van der Waals surface area contributed by atoms with E-state index in [1.807, 2.05) is 0 Å². The molecule has 0 aliphatic rings. The first-order valence-electron chi connectivity index (χ1n) is 8.62. The molecule has 0 atom stereocenters. The highest BCUT2D eigenvalue weighted by Gasteiger charge is 2.12. The number of hydrogen-bond donors (Lipinski definition) is 0. The molecule has 3 aromatic carbocycles. The minimum atomic E-state index is -0.410. The van der Waals surface area contributed by atoms with Crippen molar-refractivity contribution in [2.75, 3.05) is 7.11 Å². The molecule has 0 aliphatic carbocycles. The van der Waals surface area contributed by atoms with E-state index in [0.717, 1.165) is 5.56 Å². The summed E-state index contributed by atoms with van der Waals surface area (Å²) in [5.41, 5.74) is 2.29. The maximum atomic E-state index is 13.5. The van der Waals surface area contributed by atoms with Gasteiger partial charge in [-0.25, -0.2) is 8.78 Å². The van der Waals surface area contributed by atoms with Crippen LogP contribution in [-0.4, -0.2) is 7.11 Å². The maximum absolute atomic E-state index is 13.5. The highest BCUT2D eigenvalue weighted by atomic mass is 79.9. The number of benzene rings is 3. The van der Waals surface area contributed by atoms with Gasteiger partial charge in [-0.3, -0.25) is 0 Å². The van der Waals surface area contributed by atoms with Gasteiger partial charge in [-0.1, -0.05) is 24.3 Å². The maximum Gasteiger partial charge on any atom is 0.175 e. The summed E-state index contributed by atoms with van der Waals surface area (Å²) < 4.78 is 38.4. The van der Waals surface area contributed by atoms with E-state index in [0.29, 0.717) is 32.7 Å². The molecule has 146 valence electrons. The molecule has 0 saturated heterocycles. The van der Waals surface area contributed by atoms with Crippen LogP contribution in [0.3, 0.4) is 0 Å². The molecule has 0 aromatic heterocycles. The highest BCUT2D eigenvalue weighted by Crippen LogP contribution is 2.38. The molecule has 3 aromatic rings. The third-order valence-corrected chi connectivity index (χ3v) is 4.70. The molecule has 0 unspecified atom stereocenters. The standard InChI is InChI=1S/C23H16BrF2NO2/c1-28-22-11-16(9-18(13-27)17-3-2-4-20(26)12-17)10-21(24)23(22)29-14-15-5-7-19(25)8-6-15/h2-12H,14H2,1H3/b18-9-. The van der Waals surface area contributed by atoms with Gasteiger partial charge >= 0.3 is 0 Å². The number of nitrogens with zero attached hydrogens (tertiary/aromatic N) is 1. The van der Waals surface area contributed by atoms with Crippen molar-refractivity contribution in [1.82, 2.24) is 0 Å². The lowest BCUT2D eigenvalue weighted by molar-refractivity contribution is 0.282. The van der Waals surface area contributed by atoms with Gasteiger partial charge in [0.2, 0.25) is 0 Å². The van der Waals surface area contributed by atoms with Crippen LogP contribution in [0.15, 0.2) is 65.1 Å². The second-order valence-corrected chi connectivity index (χ2v) is 6.98. The van der Waals surface area contributed by atoms with Crippen molar-refractivity contribution in [3.05, 3.63) is 93.5 Å². The number of nitriles is 1. The zero-order valence-electron chi connectivity index (χ0n) is 15.5. The van der Waals surface area contributed by atoms with Crippen molar-refractivity contribution in [2.45, 2.75) is 6.61 Å². The lowest BCUT2D eigenvalue weighted by Gasteiger charge is -2.14. The fraction of sp³-hybridized carbons (Fsp3) is 0.0870. The molecule has 0 amide bonds. The van der Waals surface area contributed by atoms with Crippen LogP contribution in [-0.2, 0) is 6.61 Å². The Bertz CT molecular complexity index is 1090. The summed E-state index contributed by atoms with van der Waals surface area (Å²) in [5, 5.41) is 9.48. The smallest absolute Gasteiger partial charge is 0.175 e. The van der Waals surface area contributed by atoms with Gasteiger partial charge in [-0.05, 0) is 75.1 Å². The van der Waals surface area contributed by atoms with E-state index in [-0.39, 0.29) is 12.4 Å². The van der Waals surface area contributed by atoms with Crippen molar-refractivity contribution in [1.29, 1.82) is 5.26 Å². The van der Waals surface area contributed by atoms with Crippen molar-refractivity contribution >= 4 is 27.6 Å². The van der Waals surface area contributed by atoms with Gasteiger partial charge in [0.05, 0.1) is 23.2 Å². The predicted octanol–water partition coefficient (Wildman–Crippen LogP) is 6.38. The Balaban J connectivity index is 1.89. The average molecular weight is 456 g/mol. The van der Waals surface area contributed by atoms with Gasteiger partial charge in [0.15, 0.2) is 11.5 Å². The number of methoxy groups -OCH3 is 1. The molecule has 0 N–H and O–H groups in total. The number of allylic oxidation sites excluding steroid dienone is 1. The normalized spacial score (nSPS) is 11.1. The zero-order valence-corrected chi connectivity index (χ0v) is 17.0. The van der Waals surface area contributed by atoms with E-state index in [1.165, 1.54) is 31.4 Å². The summed E-state index contributed by atoms with van der Waals surface area (Å²) in [6, 6.07) is 17.5. The molecule has 0 fully saturated rings. The average Bonchev–Trinajstić information content (AvgIpc) is 2.72. The Morgan fingerprint density at radius 3 is 2.48 bits per heavy atom. The lowest BCUT2D eigenvalue weighted by atomic mass is 10.0. The fourth-order valence-electron chi connectivity index (χ4n) is 2.70. The summed E-state index contributed by atoms with van der Waals surface area (Å²) in [5.74, 6) is 0.227. The molecular weight excluding hydrogens is 440 g/mol. The van der Waals surface area contributed by atoms with Gasteiger partial charge in [0.1, 0.15) is 18.2 Å². The predicted molar refractivity (Wildman–Crippen MR) is 111 cm³/mol. The molecule has 0 aliphatic heterocycles. The Morgan fingerprint density at radius 2 is 1.83 bits per heavy atom. The first kappa shape index (κ1) is 20.6. The molecule has 3 rings (SSSR count). The molecule has 0 spiro atoms. The van der Waals surface area contributed by atoms with Crippen molar-refractivity contribution < 1.29 is 18.3 Å². The molecule has 3 nitrogen and oxygen atoms in total. The van der Waals surface area contributed by atoms with E-state index < -0.39 is 5.82 Å². The number of halogens is 3. The molecule has 0 radical (unpaired) electrons. The van der Waals surface area contributed by atoms with E-state index in [4.69, 9.17) is 9.47 Å². The largest absolute Gasteiger partial charge is 0.493 e. The molecule has 0 saturated carbocycles. The van der Waals surface area contributed by atoms with Crippen LogP contribution in [0.1, 0.15) is 16.7 Å². The Kier molecular flexibility index (Phi) is 6.63. The first-order valence-corrected chi connectivity index (χ1v) is 9.42. The topological polar surface area (TPSA) is 42.2 Å². The molecule has 29 heavy (non-hydrogen) atoms. The quantitative estimate of drug-likeness (QED) is 0.319. The second-order valence-electron chi connectivity index (χ2n) is 6.13. The Morgan fingerprint density at radius 1 is 1.07 bits per heavy atom. The lowest BCUT2D eigenvalue weighted by Crippen LogP contribution is -1.99. The van der Waals surface area contributed by atoms with Crippen LogP contribution < -0.4 is 9.47 Å². The number of rotatable bonds is 6. The Hall–Kier alpha value is -3.17. The highest BCUT2D eigenvalue weighted by molar-refractivity contribution is 9.10. The van der Waals surface area contributed by atoms with E-state index in [9.17, 15) is 14.0 Å². The summed E-state index contributed by atoms with van der Waals surface area (Å²) in [7, 11) is 1.51. The summed E-state index contributed by atoms with van der Waals surface area (Å²) in [4.78, 5) is 0. The molecule has 6 heteroatoms. The van der Waals surface area contributed by atoms with E-state index in [1.54, 1.807) is 42.5 Å². The third kappa shape index (κ3) is 5.21. The summed E-state index contributed by atoms with van der Waals surface area (Å²) >= 11 is 3.47. The van der Waals surface area contributed by atoms with Crippen LogP contribution in [0, 0.1) is 23.0 Å². The molecule has 0 bridgehead atoms. The van der Waals surface area contributed by atoms with Gasteiger partial charge in [0.25, 0.3) is 0 Å². The van der Waals surface area contributed by atoms with E-state index in [2.05, 4.69) is 22.0 Å². The van der Waals surface area contributed by atoms with Gasteiger partial charge in [0, 0.05) is 0 Å². The van der Waals surface area contributed by atoms with Gasteiger partial charge in [-0.15, -0.1) is 0 Å². The van der Waals surface area contributed by atoms with Crippen LogP contribution in [0.4, 0.5) is 8.78 Å². The SMILES string of the molecule is COc1cc(/C=C(/C#N)c2cccc(F)c2)cc(Br)c1OCc1ccc(F)cc1. The van der Waals surface area contributed by atoms with Crippen LogP contribution in [0.5, 0.6) is 11.5 Å². The van der Waals surface area contributed by atoms with Crippen molar-refractivity contribution in [3.63, 3.8) is 0 Å². The van der Waals surface area contributed by atoms with Crippen LogP contribution in [0.25, 0.3) is 11.6 Å². The minimum Gasteiger partial charge on any atom is -0.493 e. The van der Waals surface area contributed by atoms with Crippen molar-refractivity contribution in [3.8, 4) is 17.6 Å². The van der Waals surface area contributed by atoms with E-state index >= 15 is 0 Å². The third-order valence-electron chi connectivity index (χ3n) is 4.12. The fourth-order valence-corrected chi connectivity index (χ4v) is 3.28. The van der Waals surface area contributed by atoms with Crippen LogP contribution >= 0.6 is 15.9 Å². The van der Waals surface area contributed by atoms with Gasteiger partial charge in [-0.2, -0.15) is 5.26 Å². The summed E-state index contributed by atoms with van der Waals surface area (Å²) in [6.07, 6.45) is 1.64. The molecule has 0 heterocycles. The number of hydrogen-bond acceptors (Lipinski definition) is 3. The Labute approximate surface area is 175 Å². The van der Waals surface area contributed by atoms with Crippen LogP contribution in [0.2, 0.25) is 0 Å². The second kappa shape index (κ2) is 9.35. The minimum absolute atomic E-state index is 0.233. The molecular formula is C23H16BrF2NO2. The van der Waals surface area contributed by atoms with Gasteiger partial charge < -0.3 is 9.47 Å². The zero-order chi connectivity index (χ0) is 20.8. The van der Waals surface area contributed by atoms with Crippen molar-refractivity contribution in [2.24, 2.45) is 0 Å². The monoisotopic (exact) mass is 455 g/mol. The summed E-state index contributed by atoms with van der Waals surface area (Å²) in [6.45, 7) is 0.233. The number of ether oxygens (including phenoxy) is 2.